The smallest absolute Gasteiger partial charge is 0.329 e. The van der Waals surface area contributed by atoms with Crippen molar-refractivity contribution >= 4 is 35.1 Å². The van der Waals surface area contributed by atoms with Gasteiger partial charge in [0.15, 0.2) is 0 Å². The van der Waals surface area contributed by atoms with Crippen molar-refractivity contribution < 1.29 is 14.7 Å². The van der Waals surface area contributed by atoms with E-state index in [-0.39, 0.29) is 28.5 Å². The third-order valence-corrected chi connectivity index (χ3v) is 3.79. The van der Waals surface area contributed by atoms with Crippen LogP contribution in [-0.4, -0.2) is 22.5 Å². The molecule has 104 valence electrons. The van der Waals surface area contributed by atoms with Gasteiger partial charge in [0.25, 0.3) is 5.91 Å². The van der Waals surface area contributed by atoms with Crippen molar-refractivity contribution in [2.45, 2.75) is 32.2 Å². The molecule has 19 heavy (non-hydrogen) atoms. The zero-order valence-corrected chi connectivity index (χ0v) is 12.2. The van der Waals surface area contributed by atoms with Crippen molar-refractivity contribution in [2.75, 3.05) is 0 Å². The summed E-state index contributed by atoms with van der Waals surface area (Å²) < 4.78 is 0. The number of amides is 1. The van der Waals surface area contributed by atoms with Crippen LogP contribution in [0.15, 0.2) is 18.2 Å². The first-order valence-electron chi connectivity index (χ1n) is 5.88. The molecule has 1 amide bonds. The van der Waals surface area contributed by atoms with Gasteiger partial charge in [-0.2, -0.15) is 0 Å². The van der Waals surface area contributed by atoms with Gasteiger partial charge in [-0.25, -0.2) is 4.79 Å². The Morgan fingerprint density at radius 1 is 1.21 bits per heavy atom. The third-order valence-electron chi connectivity index (χ3n) is 3.16. The minimum Gasteiger partial charge on any atom is -0.480 e. The molecule has 0 aliphatic rings. The van der Waals surface area contributed by atoms with E-state index in [1.807, 2.05) is 0 Å². The average molecular weight is 304 g/mol. The zero-order chi connectivity index (χ0) is 14.6. The molecule has 0 aliphatic heterocycles. The number of benzene rings is 1. The van der Waals surface area contributed by atoms with Crippen molar-refractivity contribution in [1.82, 2.24) is 5.32 Å². The molecule has 0 bridgehead atoms. The number of carboxylic acid groups (broad SMARTS) is 1. The van der Waals surface area contributed by atoms with E-state index >= 15 is 0 Å². The molecular weight excluding hydrogens is 289 g/mol. The molecule has 0 heterocycles. The maximum atomic E-state index is 12.2. The van der Waals surface area contributed by atoms with E-state index in [1.54, 1.807) is 19.9 Å². The van der Waals surface area contributed by atoms with Crippen molar-refractivity contribution in [2.24, 2.45) is 0 Å². The zero-order valence-electron chi connectivity index (χ0n) is 10.7. The summed E-state index contributed by atoms with van der Waals surface area (Å²) in [6, 6.07) is 4.68. The van der Waals surface area contributed by atoms with Gasteiger partial charge in [-0.3, -0.25) is 4.79 Å². The largest absolute Gasteiger partial charge is 0.480 e. The topological polar surface area (TPSA) is 66.4 Å². The van der Waals surface area contributed by atoms with Gasteiger partial charge in [0.2, 0.25) is 0 Å². The lowest BCUT2D eigenvalue weighted by atomic mass is 9.92. The maximum Gasteiger partial charge on any atom is 0.329 e. The normalized spacial score (nSPS) is 11.2. The monoisotopic (exact) mass is 303 g/mol. The highest BCUT2D eigenvalue weighted by Crippen LogP contribution is 2.25. The molecule has 1 aromatic rings. The van der Waals surface area contributed by atoms with Gasteiger partial charge in [-0.1, -0.05) is 43.1 Å². The van der Waals surface area contributed by atoms with E-state index in [9.17, 15) is 14.7 Å². The lowest BCUT2D eigenvalue weighted by Gasteiger charge is -2.28. The van der Waals surface area contributed by atoms with Gasteiger partial charge in [-0.15, -0.1) is 0 Å². The number of nitrogens with one attached hydrogen (secondary N) is 1. The molecule has 6 heteroatoms. The second-order valence-corrected chi connectivity index (χ2v) is 4.96. The second-order valence-electron chi connectivity index (χ2n) is 4.15. The summed E-state index contributed by atoms with van der Waals surface area (Å²) >= 11 is 11.9. The first-order chi connectivity index (χ1) is 8.88. The van der Waals surface area contributed by atoms with Crippen LogP contribution >= 0.6 is 23.2 Å². The summed E-state index contributed by atoms with van der Waals surface area (Å²) in [5.41, 5.74) is -1.21. The molecular formula is C13H15Cl2NO3. The van der Waals surface area contributed by atoms with Gasteiger partial charge in [0.1, 0.15) is 5.54 Å². The fraction of sp³-hybridized carbons (Fsp3) is 0.385. The van der Waals surface area contributed by atoms with E-state index in [2.05, 4.69) is 5.32 Å². The molecule has 0 saturated carbocycles. The molecule has 1 aromatic carbocycles. The molecule has 2 N–H and O–H groups in total. The van der Waals surface area contributed by atoms with Crippen molar-refractivity contribution in [3.05, 3.63) is 33.8 Å². The summed E-state index contributed by atoms with van der Waals surface area (Å²) in [5, 5.41) is 12.2. The van der Waals surface area contributed by atoms with Gasteiger partial charge in [-0.05, 0) is 25.0 Å². The lowest BCUT2D eigenvalue weighted by Crippen LogP contribution is -2.53. The van der Waals surface area contributed by atoms with Crippen LogP contribution in [0.3, 0.4) is 0 Å². The van der Waals surface area contributed by atoms with Crippen LogP contribution in [0.5, 0.6) is 0 Å². The van der Waals surface area contributed by atoms with Crippen molar-refractivity contribution in [3.8, 4) is 0 Å². The Morgan fingerprint density at radius 3 is 2.05 bits per heavy atom. The van der Waals surface area contributed by atoms with E-state index in [0.717, 1.165) is 0 Å². The molecule has 0 saturated heterocycles. The van der Waals surface area contributed by atoms with Crippen molar-refractivity contribution in [3.63, 3.8) is 0 Å². The molecule has 0 atom stereocenters. The Bertz CT molecular complexity index is 478. The van der Waals surface area contributed by atoms with E-state index in [0.29, 0.717) is 0 Å². The number of carbonyl (C=O) groups excluding carboxylic acids is 1. The number of hydrogen-bond acceptors (Lipinski definition) is 2. The minimum absolute atomic E-state index is 0.0957. The van der Waals surface area contributed by atoms with E-state index in [4.69, 9.17) is 23.2 Å². The maximum absolute atomic E-state index is 12.2. The van der Waals surface area contributed by atoms with Crippen LogP contribution in [0.25, 0.3) is 0 Å². The lowest BCUT2D eigenvalue weighted by molar-refractivity contribution is -0.144. The summed E-state index contributed by atoms with van der Waals surface area (Å²) in [6.45, 7) is 3.40. The Morgan fingerprint density at radius 2 is 1.68 bits per heavy atom. The van der Waals surface area contributed by atoms with E-state index in [1.165, 1.54) is 12.1 Å². The van der Waals surface area contributed by atoms with Crippen LogP contribution in [0.2, 0.25) is 10.0 Å². The molecule has 4 nitrogen and oxygen atoms in total. The Hall–Kier alpha value is -1.26. The highest BCUT2D eigenvalue weighted by molar-refractivity contribution is 6.39. The Labute approximate surface area is 121 Å². The second kappa shape index (κ2) is 6.26. The quantitative estimate of drug-likeness (QED) is 0.876. The van der Waals surface area contributed by atoms with E-state index < -0.39 is 17.4 Å². The number of rotatable bonds is 5. The number of carboxylic acids is 1. The number of carbonyl (C=O) groups is 2. The first kappa shape index (κ1) is 15.8. The standard InChI is InChI=1S/C13H15Cl2NO3/c1-3-13(4-2,12(18)19)16-11(17)10-8(14)6-5-7-9(10)15/h5-7H,3-4H2,1-2H3,(H,16,17)(H,18,19). The van der Waals surface area contributed by atoms with Gasteiger partial charge in [0, 0.05) is 0 Å². The summed E-state index contributed by atoms with van der Waals surface area (Å²) in [4.78, 5) is 23.5. The molecule has 0 radical (unpaired) electrons. The summed E-state index contributed by atoms with van der Waals surface area (Å²) in [5.74, 6) is -1.66. The highest BCUT2D eigenvalue weighted by Gasteiger charge is 2.37. The van der Waals surface area contributed by atoms with Gasteiger partial charge < -0.3 is 10.4 Å². The molecule has 1 rings (SSSR count). The average Bonchev–Trinajstić information content (AvgIpc) is 2.35. The Kier molecular flexibility index (Phi) is 5.20. The highest BCUT2D eigenvalue weighted by atomic mass is 35.5. The number of halogens is 2. The molecule has 0 aromatic heterocycles. The molecule has 0 aliphatic carbocycles. The van der Waals surface area contributed by atoms with Crippen LogP contribution in [0, 0.1) is 0 Å². The fourth-order valence-electron chi connectivity index (χ4n) is 1.78. The third kappa shape index (κ3) is 3.19. The van der Waals surface area contributed by atoms with Crippen LogP contribution < -0.4 is 5.32 Å². The Balaban J connectivity index is 3.11. The first-order valence-corrected chi connectivity index (χ1v) is 6.63. The van der Waals surface area contributed by atoms with Gasteiger partial charge >= 0.3 is 5.97 Å². The minimum atomic E-state index is -1.31. The SMILES string of the molecule is CCC(CC)(NC(=O)c1c(Cl)cccc1Cl)C(=O)O. The predicted octanol–water partition coefficient (Wildman–Crippen LogP) is 3.37. The van der Waals surface area contributed by atoms with Crippen LogP contribution in [0.4, 0.5) is 0 Å². The summed E-state index contributed by atoms with van der Waals surface area (Å²) in [6.07, 6.45) is 0.541. The number of aliphatic carboxylic acids is 1. The van der Waals surface area contributed by atoms with Crippen LogP contribution in [-0.2, 0) is 4.79 Å². The van der Waals surface area contributed by atoms with Crippen molar-refractivity contribution in [1.29, 1.82) is 0 Å². The van der Waals surface area contributed by atoms with Crippen LogP contribution in [0.1, 0.15) is 37.0 Å². The molecule has 0 spiro atoms. The predicted molar refractivity (Wildman–Crippen MR) is 74.9 cm³/mol. The van der Waals surface area contributed by atoms with Gasteiger partial charge in [0.05, 0.1) is 15.6 Å². The molecule has 0 unspecified atom stereocenters. The fourth-order valence-corrected chi connectivity index (χ4v) is 2.35. The number of hydrogen-bond donors (Lipinski definition) is 2. The summed E-state index contributed by atoms with van der Waals surface area (Å²) in [7, 11) is 0. The molecule has 0 fully saturated rings.